The molecule has 0 atom stereocenters. The lowest BCUT2D eigenvalue weighted by Gasteiger charge is -2.04. The molecule has 3 rings (SSSR count). The quantitative estimate of drug-likeness (QED) is 0.543. The van der Waals surface area contributed by atoms with E-state index in [1.54, 1.807) is 30.6 Å². The molecule has 1 aromatic carbocycles. The zero-order valence-corrected chi connectivity index (χ0v) is 11.2. The second-order valence-corrected chi connectivity index (χ2v) is 4.32. The Morgan fingerprint density at radius 3 is 2.76 bits per heavy atom. The molecule has 2 heterocycles. The Morgan fingerprint density at radius 2 is 2.05 bits per heavy atom. The smallest absolute Gasteiger partial charge is 0.258 e. The molecule has 0 unspecified atom stereocenters. The molecule has 0 saturated carbocycles. The highest BCUT2D eigenvalue weighted by Gasteiger charge is 2.12. The second-order valence-electron chi connectivity index (χ2n) is 3.99. The zero-order chi connectivity index (χ0) is 14.8. The van der Waals surface area contributed by atoms with Crippen molar-refractivity contribution in [3.8, 4) is 17.3 Å². The minimum Gasteiger partial charge on any atom is -0.258 e. The third-order valence-corrected chi connectivity index (χ3v) is 2.79. The predicted octanol–water partition coefficient (Wildman–Crippen LogP) is 2.29. The molecule has 21 heavy (non-hydrogen) atoms. The number of nitro benzene ring substituents is 1. The highest BCUT2D eigenvalue weighted by Crippen LogP contribution is 2.22. The number of non-ortho nitro benzene ring substituents is 1. The normalized spacial score (nSPS) is 10.5. The number of aromatic nitrogens is 5. The summed E-state index contributed by atoms with van der Waals surface area (Å²) in [5.74, 6) is 0.478. The first-order chi connectivity index (χ1) is 10.1. The summed E-state index contributed by atoms with van der Waals surface area (Å²) in [5, 5.41) is 14.8. The molecule has 2 aromatic heterocycles. The third kappa shape index (κ3) is 2.70. The van der Waals surface area contributed by atoms with Crippen molar-refractivity contribution in [2.45, 2.75) is 0 Å². The van der Waals surface area contributed by atoms with E-state index in [2.05, 4.69) is 20.1 Å². The summed E-state index contributed by atoms with van der Waals surface area (Å²) in [6.45, 7) is 0. The molecule has 0 aliphatic rings. The van der Waals surface area contributed by atoms with Crippen molar-refractivity contribution in [3.63, 3.8) is 0 Å². The number of halogens is 1. The maximum atomic E-state index is 10.8. The number of hydrogen-bond donors (Lipinski definition) is 0. The van der Waals surface area contributed by atoms with Crippen LogP contribution >= 0.6 is 11.6 Å². The topological polar surface area (TPSA) is 99.6 Å². The highest BCUT2D eigenvalue weighted by atomic mass is 35.5. The Balaban J connectivity index is 2.10. The average Bonchev–Trinajstić information content (AvgIpc) is 3.01. The van der Waals surface area contributed by atoms with Gasteiger partial charge in [-0.15, -0.1) is 0 Å². The molecule has 3 aromatic rings. The fourth-order valence-electron chi connectivity index (χ4n) is 1.72. The van der Waals surface area contributed by atoms with Crippen molar-refractivity contribution in [1.82, 2.24) is 24.7 Å². The van der Waals surface area contributed by atoms with Gasteiger partial charge in [-0.1, -0.05) is 12.1 Å². The summed E-state index contributed by atoms with van der Waals surface area (Å²) in [5.41, 5.74) is 0.423. The fraction of sp³-hybridized carbons (Fsp3) is 0. The standard InChI is InChI=1S/C12H7ClN6O2/c13-11-15-10(8-3-1-4-9(7-8)19(20)21)16-12(17-11)18-6-2-5-14-18/h1-7H. The van der Waals surface area contributed by atoms with Crippen LogP contribution in [-0.4, -0.2) is 29.7 Å². The Labute approximate surface area is 123 Å². The molecule has 104 valence electrons. The minimum atomic E-state index is -0.485. The van der Waals surface area contributed by atoms with Gasteiger partial charge in [0.2, 0.25) is 5.28 Å². The highest BCUT2D eigenvalue weighted by molar-refractivity contribution is 6.28. The molecule has 0 fully saturated rings. The maximum absolute atomic E-state index is 10.8. The van der Waals surface area contributed by atoms with Gasteiger partial charge in [0.15, 0.2) is 5.82 Å². The van der Waals surface area contributed by atoms with Gasteiger partial charge in [-0.25, -0.2) is 4.68 Å². The Bertz CT molecular complexity index is 805. The summed E-state index contributed by atoms with van der Waals surface area (Å²) in [7, 11) is 0. The van der Waals surface area contributed by atoms with Gasteiger partial charge < -0.3 is 0 Å². The lowest BCUT2D eigenvalue weighted by Crippen LogP contribution is -2.05. The molecule has 0 spiro atoms. The van der Waals surface area contributed by atoms with Gasteiger partial charge >= 0.3 is 0 Å². The van der Waals surface area contributed by atoms with E-state index in [9.17, 15) is 10.1 Å². The first kappa shape index (κ1) is 13.1. The largest absolute Gasteiger partial charge is 0.270 e. The van der Waals surface area contributed by atoms with Crippen LogP contribution in [-0.2, 0) is 0 Å². The molecule has 0 aliphatic carbocycles. The Morgan fingerprint density at radius 1 is 1.19 bits per heavy atom. The van der Waals surface area contributed by atoms with E-state index in [1.807, 2.05) is 0 Å². The molecule has 0 radical (unpaired) electrons. The number of nitrogens with zero attached hydrogens (tertiary/aromatic N) is 6. The van der Waals surface area contributed by atoms with E-state index in [0.29, 0.717) is 5.56 Å². The van der Waals surface area contributed by atoms with E-state index in [4.69, 9.17) is 11.6 Å². The van der Waals surface area contributed by atoms with E-state index < -0.39 is 4.92 Å². The van der Waals surface area contributed by atoms with Crippen molar-refractivity contribution in [2.75, 3.05) is 0 Å². The van der Waals surface area contributed by atoms with Gasteiger partial charge in [0, 0.05) is 30.1 Å². The summed E-state index contributed by atoms with van der Waals surface area (Å²) in [6.07, 6.45) is 3.23. The molecule has 0 amide bonds. The van der Waals surface area contributed by atoms with Gasteiger partial charge in [0.25, 0.3) is 11.6 Å². The van der Waals surface area contributed by atoms with Crippen LogP contribution in [0.3, 0.4) is 0 Å². The summed E-state index contributed by atoms with van der Waals surface area (Å²) >= 11 is 5.88. The van der Waals surface area contributed by atoms with Crippen LogP contribution in [0.15, 0.2) is 42.7 Å². The lowest BCUT2D eigenvalue weighted by atomic mass is 10.2. The van der Waals surface area contributed by atoms with E-state index in [1.165, 1.54) is 16.8 Å². The van der Waals surface area contributed by atoms with Crippen molar-refractivity contribution in [3.05, 3.63) is 58.1 Å². The van der Waals surface area contributed by atoms with Gasteiger partial charge in [0.1, 0.15) is 0 Å². The SMILES string of the molecule is O=[N+]([O-])c1cccc(-c2nc(Cl)nc(-n3cccn3)n2)c1. The molecule has 9 heteroatoms. The molecular weight excluding hydrogens is 296 g/mol. The molecule has 0 N–H and O–H groups in total. The predicted molar refractivity (Wildman–Crippen MR) is 74.0 cm³/mol. The summed E-state index contributed by atoms with van der Waals surface area (Å²) in [4.78, 5) is 22.5. The first-order valence-corrected chi connectivity index (χ1v) is 6.18. The molecule has 0 aliphatic heterocycles. The third-order valence-electron chi connectivity index (χ3n) is 2.62. The number of benzene rings is 1. The van der Waals surface area contributed by atoms with Gasteiger partial charge in [-0.2, -0.15) is 20.1 Å². The Kier molecular flexibility index (Phi) is 3.28. The minimum absolute atomic E-state index is 0.0167. The van der Waals surface area contributed by atoms with Crippen LogP contribution in [0.4, 0.5) is 5.69 Å². The average molecular weight is 303 g/mol. The van der Waals surface area contributed by atoms with E-state index in [-0.39, 0.29) is 22.7 Å². The van der Waals surface area contributed by atoms with Crippen molar-refractivity contribution in [1.29, 1.82) is 0 Å². The molecule has 0 bridgehead atoms. The van der Waals surface area contributed by atoms with E-state index >= 15 is 0 Å². The van der Waals surface area contributed by atoms with Gasteiger partial charge in [-0.3, -0.25) is 10.1 Å². The number of nitro groups is 1. The Hall–Kier alpha value is -2.87. The first-order valence-electron chi connectivity index (χ1n) is 5.80. The van der Waals surface area contributed by atoms with Crippen LogP contribution in [0.1, 0.15) is 0 Å². The lowest BCUT2D eigenvalue weighted by molar-refractivity contribution is -0.384. The fourth-order valence-corrected chi connectivity index (χ4v) is 1.87. The van der Waals surface area contributed by atoms with Crippen LogP contribution in [0, 0.1) is 10.1 Å². The second kappa shape index (κ2) is 5.25. The molecular formula is C12H7ClN6O2. The number of hydrogen-bond acceptors (Lipinski definition) is 6. The van der Waals surface area contributed by atoms with Crippen LogP contribution in [0.2, 0.25) is 5.28 Å². The van der Waals surface area contributed by atoms with Crippen LogP contribution in [0.5, 0.6) is 0 Å². The van der Waals surface area contributed by atoms with Crippen LogP contribution < -0.4 is 0 Å². The van der Waals surface area contributed by atoms with Crippen molar-refractivity contribution in [2.24, 2.45) is 0 Å². The van der Waals surface area contributed by atoms with Crippen molar-refractivity contribution >= 4 is 17.3 Å². The van der Waals surface area contributed by atoms with Gasteiger partial charge in [-0.05, 0) is 17.7 Å². The van der Waals surface area contributed by atoms with Crippen molar-refractivity contribution < 1.29 is 4.92 Å². The molecule has 8 nitrogen and oxygen atoms in total. The van der Waals surface area contributed by atoms with E-state index in [0.717, 1.165) is 0 Å². The zero-order valence-electron chi connectivity index (χ0n) is 10.4. The molecule has 0 saturated heterocycles. The van der Waals surface area contributed by atoms with Gasteiger partial charge in [0.05, 0.1) is 4.92 Å². The summed E-state index contributed by atoms with van der Waals surface area (Å²) < 4.78 is 1.43. The van der Waals surface area contributed by atoms with Crippen LogP contribution in [0.25, 0.3) is 17.3 Å². The maximum Gasteiger partial charge on any atom is 0.270 e. The monoisotopic (exact) mass is 302 g/mol. The number of rotatable bonds is 3. The summed E-state index contributed by atoms with van der Waals surface area (Å²) in [6, 6.07) is 7.69.